The van der Waals surface area contributed by atoms with E-state index in [2.05, 4.69) is 9.84 Å². The lowest BCUT2D eigenvalue weighted by Gasteiger charge is -2.19. The molecule has 0 fully saturated rings. The smallest absolute Gasteiger partial charge is 0.354 e. The Balaban J connectivity index is 2.34. The van der Waals surface area contributed by atoms with Crippen LogP contribution in [0.3, 0.4) is 0 Å². The van der Waals surface area contributed by atoms with Gasteiger partial charge in [-0.05, 0) is 19.1 Å². The molecule has 1 N–H and O–H groups in total. The van der Waals surface area contributed by atoms with Gasteiger partial charge in [-0.3, -0.25) is 5.01 Å². The number of methoxy groups -OCH3 is 1. The number of rotatable bonds is 3. The molecular formula is C13H14N2O4. The molecule has 0 aliphatic carbocycles. The minimum absolute atomic E-state index is 0.0376. The monoisotopic (exact) mass is 262 g/mol. The predicted molar refractivity (Wildman–Crippen MR) is 69.1 cm³/mol. The summed E-state index contributed by atoms with van der Waals surface area (Å²) in [6.07, 6.45) is 0.0376. The first kappa shape index (κ1) is 13.1. The van der Waals surface area contributed by atoms with Crippen LogP contribution in [0.1, 0.15) is 12.0 Å². The van der Waals surface area contributed by atoms with Gasteiger partial charge in [0.25, 0.3) is 0 Å². The average molecular weight is 262 g/mol. The molecule has 0 amide bonds. The Kier molecular flexibility index (Phi) is 3.50. The van der Waals surface area contributed by atoms with Crippen molar-refractivity contribution in [1.82, 2.24) is 0 Å². The highest BCUT2D eigenvalue weighted by Crippen LogP contribution is 2.25. The van der Waals surface area contributed by atoms with E-state index in [9.17, 15) is 14.7 Å². The summed E-state index contributed by atoms with van der Waals surface area (Å²) in [5, 5.41) is 14.6. The largest absolute Gasteiger partial charge is 0.480 e. The summed E-state index contributed by atoms with van der Waals surface area (Å²) >= 11 is 0. The lowest BCUT2D eigenvalue weighted by atomic mass is 10.1. The van der Waals surface area contributed by atoms with E-state index in [1.165, 1.54) is 12.1 Å². The van der Waals surface area contributed by atoms with Crippen molar-refractivity contribution < 1.29 is 19.4 Å². The molecule has 1 atom stereocenters. The van der Waals surface area contributed by atoms with Crippen molar-refractivity contribution in [1.29, 1.82) is 0 Å². The van der Waals surface area contributed by atoms with Gasteiger partial charge in [-0.15, -0.1) is 0 Å². The lowest BCUT2D eigenvalue weighted by molar-refractivity contribution is -0.138. The Morgan fingerprint density at radius 2 is 2.00 bits per heavy atom. The van der Waals surface area contributed by atoms with Gasteiger partial charge in [-0.2, -0.15) is 5.10 Å². The number of ether oxygens (including phenoxy) is 1. The molecule has 1 aromatic carbocycles. The molecule has 1 aliphatic heterocycles. The van der Waals surface area contributed by atoms with Crippen molar-refractivity contribution in [3.8, 4) is 0 Å². The Hall–Kier alpha value is -2.37. The SMILES string of the molecule is COC(=O)C1=NN(c2ccc(C)cc2)C(C(=O)O)C1. The molecule has 1 heterocycles. The van der Waals surface area contributed by atoms with Gasteiger partial charge in [0.2, 0.25) is 0 Å². The number of hydrazone groups is 1. The van der Waals surface area contributed by atoms with Crippen molar-refractivity contribution in [3.05, 3.63) is 29.8 Å². The fraction of sp³-hybridized carbons (Fsp3) is 0.308. The third kappa shape index (κ3) is 2.57. The van der Waals surface area contributed by atoms with Crippen molar-refractivity contribution in [2.45, 2.75) is 19.4 Å². The number of hydrogen-bond acceptors (Lipinski definition) is 5. The van der Waals surface area contributed by atoms with E-state index in [0.717, 1.165) is 5.56 Å². The van der Waals surface area contributed by atoms with Crippen LogP contribution in [0.25, 0.3) is 0 Å². The molecule has 19 heavy (non-hydrogen) atoms. The van der Waals surface area contributed by atoms with Crippen LogP contribution in [-0.2, 0) is 14.3 Å². The highest BCUT2D eigenvalue weighted by molar-refractivity contribution is 6.38. The topological polar surface area (TPSA) is 79.2 Å². The third-order valence-electron chi connectivity index (χ3n) is 2.91. The Morgan fingerprint density at radius 1 is 1.37 bits per heavy atom. The van der Waals surface area contributed by atoms with Crippen LogP contribution in [0.5, 0.6) is 0 Å². The van der Waals surface area contributed by atoms with Gasteiger partial charge in [0.1, 0.15) is 5.71 Å². The van der Waals surface area contributed by atoms with Gasteiger partial charge < -0.3 is 9.84 Å². The lowest BCUT2D eigenvalue weighted by Crippen LogP contribution is -2.34. The number of nitrogens with zero attached hydrogens (tertiary/aromatic N) is 2. The summed E-state index contributed by atoms with van der Waals surface area (Å²) in [7, 11) is 1.25. The maximum absolute atomic E-state index is 11.4. The second-order valence-corrected chi connectivity index (χ2v) is 4.28. The zero-order valence-corrected chi connectivity index (χ0v) is 10.7. The van der Waals surface area contributed by atoms with Crippen molar-refractivity contribution in [3.63, 3.8) is 0 Å². The second-order valence-electron chi connectivity index (χ2n) is 4.28. The highest BCUT2D eigenvalue weighted by atomic mass is 16.5. The molecule has 0 bridgehead atoms. The molecule has 2 rings (SSSR count). The normalized spacial score (nSPS) is 18.1. The maximum atomic E-state index is 11.4. The van der Waals surface area contributed by atoms with E-state index in [4.69, 9.17) is 0 Å². The molecule has 0 saturated heterocycles. The first-order chi connectivity index (χ1) is 9.02. The van der Waals surface area contributed by atoms with Crippen molar-refractivity contribution >= 4 is 23.3 Å². The number of esters is 1. The van der Waals surface area contributed by atoms with E-state index in [1.807, 2.05) is 19.1 Å². The molecule has 0 radical (unpaired) electrons. The summed E-state index contributed by atoms with van der Waals surface area (Å²) in [6, 6.07) is 6.39. The van der Waals surface area contributed by atoms with Gasteiger partial charge in [0.05, 0.1) is 12.8 Å². The number of aliphatic carboxylic acids is 1. The van der Waals surface area contributed by atoms with Crippen LogP contribution in [0, 0.1) is 6.92 Å². The summed E-state index contributed by atoms with van der Waals surface area (Å²) in [6.45, 7) is 1.94. The first-order valence-electron chi connectivity index (χ1n) is 5.77. The number of aryl methyl sites for hydroxylation is 1. The van der Waals surface area contributed by atoms with Crippen molar-refractivity contribution in [2.75, 3.05) is 12.1 Å². The average Bonchev–Trinajstić information content (AvgIpc) is 2.84. The minimum Gasteiger partial charge on any atom is -0.480 e. The standard InChI is InChI=1S/C13H14N2O4/c1-8-3-5-9(6-4-8)15-11(12(16)17)7-10(14-15)13(18)19-2/h3-6,11H,7H2,1-2H3,(H,16,17). The van der Waals surface area contributed by atoms with Crippen LogP contribution in [0.2, 0.25) is 0 Å². The second kappa shape index (κ2) is 5.09. The Bertz CT molecular complexity index is 536. The fourth-order valence-electron chi connectivity index (χ4n) is 1.88. The number of benzene rings is 1. The molecule has 0 saturated carbocycles. The van der Waals surface area contributed by atoms with Gasteiger partial charge in [0, 0.05) is 6.42 Å². The zero-order chi connectivity index (χ0) is 14.0. The third-order valence-corrected chi connectivity index (χ3v) is 2.91. The summed E-state index contributed by atoms with van der Waals surface area (Å²) in [4.78, 5) is 22.7. The van der Waals surface area contributed by atoms with Crippen LogP contribution in [-0.4, -0.2) is 35.9 Å². The number of anilines is 1. The minimum atomic E-state index is -1.02. The van der Waals surface area contributed by atoms with Crippen LogP contribution < -0.4 is 5.01 Å². The maximum Gasteiger partial charge on any atom is 0.354 e. The van der Waals surface area contributed by atoms with Crippen LogP contribution in [0.15, 0.2) is 29.4 Å². The van der Waals surface area contributed by atoms with E-state index < -0.39 is 18.0 Å². The molecule has 1 aromatic rings. The van der Waals surface area contributed by atoms with E-state index in [0.29, 0.717) is 5.69 Å². The Morgan fingerprint density at radius 3 is 2.53 bits per heavy atom. The summed E-state index contributed by atoms with van der Waals surface area (Å²) < 4.78 is 4.58. The molecule has 6 nitrogen and oxygen atoms in total. The molecule has 1 unspecified atom stereocenters. The molecule has 100 valence electrons. The van der Waals surface area contributed by atoms with Gasteiger partial charge in [0.15, 0.2) is 6.04 Å². The van der Waals surface area contributed by atoms with E-state index in [-0.39, 0.29) is 12.1 Å². The number of hydrogen-bond donors (Lipinski definition) is 1. The number of carbonyl (C=O) groups is 2. The number of carbonyl (C=O) groups excluding carboxylic acids is 1. The number of carboxylic acid groups (broad SMARTS) is 1. The van der Waals surface area contributed by atoms with Crippen LogP contribution in [0.4, 0.5) is 5.69 Å². The Labute approximate surface area is 110 Å². The van der Waals surface area contributed by atoms with Gasteiger partial charge in [-0.25, -0.2) is 9.59 Å². The van der Waals surface area contributed by atoms with Crippen molar-refractivity contribution in [2.24, 2.45) is 5.10 Å². The number of carboxylic acids is 1. The van der Waals surface area contributed by atoms with E-state index >= 15 is 0 Å². The van der Waals surface area contributed by atoms with E-state index in [1.54, 1.807) is 12.1 Å². The zero-order valence-electron chi connectivity index (χ0n) is 10.7. The van der Waals surface area contributed by atoms with Crippen LogP contribution >= 0.6 is 0 Å². The van der Waals surface area contributed by atoms with Gasteiger partial charge in [-0.1, -0.05) is 17.7 Å². The predicted octanol–water partition coefficient (Wildman–Crippen LogP) is 1.19. The molecule has 1 aliphatic rings. The quantitative estimate of drug-likeness (QED) is 0.828. The molecular weight excluding hydrogens is 248 g/mol. The first-order valence-corrected chi connectivity index (χ1v) is 5.77. The summed E-state index contributed by atoms with van der Waals surface area (Å²) in [5.41, 5.74) is 1.82. The highest BCUT2D eigenvalue weighted by Gasteiger charge is 2.36. The molecule has 0 aromatic heterocycles. The fourth-order valence-corrected chi connectivity index (χ4v) is 1.88. The van der Waals surface area contributed by atoms with Gasteiger partial charge >= 0.3 is 11.9 Å². The molecule has 0 spiro atoms. The summed E-state index contributed by atoms with van der Waals surface area (Å²) in [5.74, 6) is -1.62. The molecule has 6 heteroatoms.